The molecule has 0 spiro atoms. The molecule has 1 fully saturated rings. The predicted molar refractivity (Wildman–Crippen MR) is 81.0 cm³/mol. The van der Waals surface area contributed by atoms with E-state index in [2.05, 4.69) is 25.6 Å². The molecule has 8 heteroatoms. The second-order valence-electron chi connectivity index (χ2n) is 4.79. The van der Waals surface area contributed by atoms with Gasteiger partial charge in [0.2, 0.25) is 10.0 Å². The Morgan fingerprint density at radius 2 is 2.30 bits per heavy atom. The lowest BCUT2D eigenvalue weighted by atomic mass is 10.3. The second kappa shape index (κ2) is 6.40. The van der Waals surface area contributed by atoms with Crippen LogP contribution in [0.2, 0.25) is 0 Å². The minimum atomic E-state index is -3.63. The van der Waals surface area contributed by atoms with Crippen molar-refractivity contribution in [2.45, 2.75) is 11.0 Å². The average molecular weight is 364 g/mol. The van der Waals surface area contributed by atoms with E-state index in [9.17, 15) is 8.42 Å². The van der Waals surface area contributed by atoms with Crippen LogP contribution < -0.4 is 10.5 Å². The molecule has 1 saturated heterocycles. The number of likely N-dealkylation sites (N-methyl/N-ethyl adjacent to an activating group) is 1. The normalized spacial score (nSPS) is 21.0. The van der Waals surface area contributed by atoms with Crippen LogP contribution in [0.25, 0.3) is 0 Å². The second-order valence-corrected chi connectivity index (χ2v) is 7.44. The summed E-state index contributed by atoms with van der Waals surface area (Å²) in [7, 11) is -1.65. The molecule has 1 aromatic carbocycles. The Morgan fingerprint density at radius 1 is 1.55 bits per heavy atom. The highest BCUT2D eigenvalue weighted by atomic mass is 79.9. The molecule has 112 valence electrons. The van der Waals surface area contributed by atoms with Crippen LogP contribution in [0.1, 0.15) is 0 Å². The summed E-state index contributed by atoms with van der Waals surface area (Å²) in [5, 5.41) is 0. The molecule has 6 nitrogen and oxygen atoms in total. The lowest BCUT2D eigenvalue weighted by Gasteiger charge is -2.30. The molecule has 2 rings (SSSR count). The fourth-order valence-corrected chi connectivity index (χ4v) is 3.75. The Hall–Kier alpha value is -0.670. The van der Waals surface area contributed by atoms with Crippen molar-refractivity contribution in [2.75, 3.05) is 39.0 Å². The van der Waals surface area contributed by atoms with Crippen molar-refractivity contribution in [3.8, 4) is 0 Å². The molecule has 3 N–H and O–H groups in total. The van der Waals surface area contributed by atoms with Crippen LogP contribution in [0.4, 0.5) is 5.69 Å². The van der Waals surface area contributed by atoms with Gasteiger partial charge in [-0.15, -0.1) is 0 Å². The van der Waals surface area contributed by atoms with Crippen molar-refractivity contribution in [1.29, 1.82) is 0 Å². The van der Waals surface area contributed by atoms with Gasteiger partial charge in [0.05, 0.1) is 18.4 Å². The number of nitrogen functional groups attached to an aromatic ring is 1. The van der Waals surface area contributed by atoms with Gasteiger partial charge in [0, 0.05) is 24.1 Å². The van der Waals surface area contributed by atoms with Gasteiger partial charge in [0.1, 0.15) is 4.90 Å². The Bertz CT molecular complexity index is 579. The van der Waals surface area contributed by atoms with Gasteiger partial charge in [0.15, 0.2) is 0 Å². The smallest absolute Gasteiger partial charge is 0.242 e. The van der Waals surface area contributed by atoms with E-state index in [1.807, 2.05) is 7.05 Å². The number of halogens is 1. The maximum atomic E-state index is 12.2. The Morgan fingerprint density at radius 3 is 3.00 bits per heavy atom. The molecule has 0 radical (unpaired) electrons. The number of ether oxygens (including phenoxy) is 1. The number of hydrogen-bond acceptors (Lipinski definition) is 5. The van der Waals surface area contributed by atoms with E-state index in [1.54, 1.807) is 12.1 Å². The first-order chi connectivity index (χ1) is 9.38. The molecule has 0 amide bonds. The van der Waals surface area contributed by atoms with Gasteiger partial charge >= 0.3 is 0 Å². The topological polar surface area (TPSA) is 84.7 Å². The van der Waals surface area contributed by atoms with Gasteiger partial charge < -0.3 is 15.4 Å². The number of nitrogens with two attached hydrogens (primary N) is 1. The Kier molecular flexibility index (Phi) is 5.03. The van der Waals surface area contributed by atoms with Crippen molar-refractivity contribution in [3.63, 3.8) is 0 Å². The lowest BCUT2D eigenvalue weighted by Crippen LogP contribution is -2.45. The summed E-state index contributed by atoms with van der Waals surface area (Å²) in [5.41, 5.74) is 5.95. The standard InChI is InChI=1S/C12H18BrN3O3S/c1-16-4-5-19-10(8-16)7-15-20(17,18)12-6-9(13)2-3-11(12)14/h2-3,6,10,15H,4-5,7-8,14H2,1H3. The molecule has 1 unspecified atom stereocenters. The van der Waals surface area contributed by atoms with E-state index in [4.69, 9.17) is 10.5 Å². The molecule has 1 aliphatic heterocycles. The number of benzene rings is 1. The summed E-state index contributed by atoms with van der Waals surface area (Å²) >= 11 is 3.25. The van der Waals surface area contributed by atoms with E-state index in [1.165, 1.54) is 6.07 Å². The van der Waals surface area contributed by atoms with Crippen LogP contribution in [0.15, 0.2) is 27.6 Å². The van der Waals surface area contributed by atoms with Gasteiger partial charge in [-0.1, -0.05) is 15.9 Å². The molecule has 0 aromatic heterocycles. The van der Waals surface area contributed by atoms with Crippen molar-refractivity contribution in [2.24, 2.45) is 0 Å². The number of morpholine rings is 1. The third-order valence-electron chi connectivity index (χ3n) is 3.11. The number of rotatable bonds is 4. The zero-order chi connectivity index (χ0) is 14.8. The molecule has 0 saturated carbocycles. The monoisotopic (exact) mass is 363 g/mol. The fourth-order valence-electron chi connectivity index (χ4n) is 2.01. The molecule has 1 aromatic rings. The summed E-state index contributed by atoms with van der Waals surface area (Å²) in [6, 6.07) is 4.75. The summed E-state index contributed by atoms with van der Waals surface area (Å²) in [6.07, 6.45) is -0.142. The number of sulfonamides is 1. The number of nitrogens with zero attached hydrogens (tertiary/aromatic N) is 1. The zero-order valence-corrected chi connectivity index (χ0v) is 13.6. The van der Waals surface area contributed by atoms with E-state index in [0.29, 0.717) is 17.6 Å². The lowest BCUT2D eigenvalue weighted by molar-refractivity contribution is -0.0156. The highest BCUT2D eigenvalue weighted by Gasteiger charge is 2.22. The van der Waals surface area contributed by atoms with Gasteiger partial charge in [0.25, 0.3) is 0 Å². The van der Waals surface area contributed by atoms with Crippen molar-refractivity contribution < 1.29 is 13.2 Å². The maximum absolute atomic E-state index is 12.2. The van der Waals surface area contributed by atoms with Gasteiger partial charge in [-0.3, -0.25) is 0 Å². The molecule has 0 bridgehead atoms. The average Bonchev–Trinajstić information content (AvgIpc) is 2.39. The van der Waals surface area contributed by atoms with Gasteiger partial charge in [-0.2, -0.15) is 0 Å². The molecule has 0 aliphatic carbocycles. The van der Waals surface area contributed by atoms with E-state index in [0.717, 1.165) is 6.54 Å². The molecule has 1 atom stereocenters. The first kappa shape index (κ1) is 15.7. The summed E-state index contributed by atoms with van der Waals surface area (Å²) in [6.45, 7) is 2.42. The summed E-state index contributed by atoms with van der Waals surface area (Å²) in [4.78, 5) is 2.19. The molecular formula is C12H18BrN3O3S. The van der Waals surface area contributed by atoms with Crippen molar-refractivity contribution >= 4 is 31.6 Å². The molecule has 1 aliphatic rings. The Balaban J connectivity index is 2.05. The van der Waals surface area contributed by atoms with Crippen LogP contribution in [0.3, 0.4) is 0 Å². The van der Waals surface area contributed by atoms with E-state index in [-0.39, 0.29) is 23.2 Å². The van der Waals surface area contributed by atoms with Crippen LogP contribution in [-0.2, 0) is 14.8 Å². The highest BCUT2D eigenvalue weighted by Crippen LogP contribution is 2.22. The predicted octanol–water partition coefficient (Wildman–Crippen LogP) is 0.640. The van der Waals surface area contributed by atoms with Gasteiger partial charge in [-0.25, -0.2) is 13.1 Å². The number of nitrogens with one attached hydrogen (secondary N) is 1. The van der Waals surface area contributed by atoms with Gasteiger partial charge in [-0.05, 0) is 25.2 Å². The largest absolute Gasteiger partial charge is 0.398 e. The fraction of sp³-hybridized carbons (Fsp3) is 0.500. The SMILES string of the molecule is CN1CCOC(CNS(=O)(=O)c2cc(Br)ccc2N)C1. The van der Waals surface area contributed by atoms with Crippen LogP contribution in [0.5, 0.6) is 0 Å². The Labute approximate surface area is 127 Å². The third kappa shape index (κ3) is 3.92. The first-order valence-corrected chi connectivity index (χ1v) is 8.51. The summed E-state index contributed by atoms with van der Waals surface area (Å²) in [5.74, 6) is 0. The highest BCUT2D eigenvalue weighted by molar-refractivity contribution is 9.10. The van der Waals surface area contributed by atoms with Crippen LogP contribution in [0, 0.1) is 0 Å². The maximum Gasteiger partial charge on any atom is 0.242 e. The van der Waals surface area contributed by atoms with Crippen molar-refractivity contribution in [1.82, 2.24) is 9.62 Å². The van der Waals surface area contributed by atoms with Crippen LogP contribution in [-0.4, -0.2) is 52.7 Å². The van der Waals surface area contributed by atoms with E-state index < -0.39 is 10.0 Å². The molecule has 1 heterocycles. The van der Waals surface area contributed by atoms with Crippen molar-refractivity contribution in [3.05, 3.63) is 22.7 Å². The summed E-state index contributed by atoms with van der Waals surface area (Å²) < 4.78 is 33.2. The molecular weight excluding hydrogens is 346 g/mol. The minimum Gasteiger partial charge on any atom is -0.398 e. The third-order valence-corrected chi connectivity index (χ3v) is 5.08. The zero-order valence-electron chi connectivity index (χ0n) is 11.2. The number of anilines is 1. The van der Waals surface area contributed by atoms with E-state index >= 15 is 0 Å². The minimum absolute atomic E-state index is 0.0797. The number of hydrogen-bond donors (Lipinski definition) is 2. The quantitative estimate of drug-likeness (QED) is 0.766. The van der Waals surface area contributed by atoms with Crippen LogP contribution >= 0.6 is 15.9 Å². The first-order valence-electron chi connectivity index (χ1n) is 6.23. The molecule has 20 heavy (non-hydrogen) atoms.